The summed E-state index contributed by atoms with van der Waals surface area (Å²) in [6.45, 7) is 18.4. The van der Waals surface area contributed by atoms with Gasteiger partial charge in [-0.2, -0.15) is 0 Å². The lowest BCUT2D eigenvalue weighted by atomic mass is 10.2. The number of nitrogens with one attached hydrogen (secondary N) is 3. The lowest BCUT2D eigenvalue weighted by Gasteiger charge is -2.08. The molecule has 0 fully saturated rings. The first-order valence-electron chi connectivity index (χ1n) is 11.9. The van der Waals surface area contributed by atoms with Crippen molar-refractivity contribution in [2.24, 2.45) is 0 Å². The predicted octanol–water partition coefficient (Wildman–Crippen LogP) is 7.17. The summed E-state index contributed by atoms with van der Waals surface area (Å²) in [4.78, 5) is 20.3. The van der Waals surface area contributed by atoms with Crippen LogP contribution in [0.25, 0.3) is 0 Å². The van der Waals surface area contributed by atoms with Gasteiger partial charge in [0.2, 0.25) is 5.95 Å². The second kappa shape index (κ2) is 23.4. The van der Waals surface area contributed by atoms with E-state index in [0.29, 0.717) is 17.2 Å². The van der Waals surface area contributed by atoms with Gasteiger partial charge in [-0.3, -0.25) is 4.79 Å². The molecule has 0 aliphatic carbocycles. The molecular weight excluding hydrogens is 410 g/mol. The molecule has 0 aliphatic rings. The number of carbonyl (C=O) groups excluding carboxylic acids is 1. The highest BCUT2D eigenvalue weighted by atomic mass is 16.1. The SMILES string of the molecule is CC.CC.CC.CCNCC.O=C(Nc1cccc(Nc2ncccn2)c1)c1ccccc1. The van der Waals surface area contributed by atoms with Crippen LogP contribution in [-0.2, 0) is 0 Å². The number of rotatable bonds is 6. The molecule has 0 radical (unpaired) electrons. The molecule has 1 amide bonds. The van der Waals surface area contributed by atoms with Gasteiger partial charge in [0.05, 0.1) is 0 Å². The van der Waals surface area contributed by atoms with E-state index in [0.717, 1.165) is 18.8 Å². The first-order valence-corrected chi connectivity index (χ1v) is 11.9. The van der Waals surface area contributed by atoms with E-state index in [1.54, 1.807) is 30.6 Å². The summed E-state index contributed by atoms with van der Waals surface area (Å²) in [6, 6.07) is 18.2. The Balaban J connectivity index is 0. The Hall–Kier alpha value is -3.25. The standard InChI is InChI=1S/C17H14N4O.C4H11N.3C2H6/c22-16(13-6-2-1-3-7-13)20-14-8-4-9-15(12-14)21-17-18-10-5-11-19-17;1-3-5-4-2;3*1-2/h1-12H,(H,20,22)(H,18,19,21);5H,3-4H2,1-2H3;3*1-2H3. The van der Waals surface area contributed by atoms with Crippen LogP contribution in [0.4, 0.5) is 17.3 Å². The van der Waals surface area contributed by atoms with Crippen LogP contribution < -0.4 is 16.0 Å². The van der Waals surface area contributed by atoms with Gasteiger partial charge in [-0.1, -0.05) is 79.7 Å². The lowest BCUT2D eigenvalue weighted by Crippen LogP contribution is -2.11. The smallest absolute Gasteiger partial charge is 0.255 e. The average molecular weight is 454 g/mol. The van der Waals surface area contributed by atoms with E-state index in [9.17, 15) is 4.79 Å². The zero-order chi connectivity index (χ0) is 25.3. The molecule has 0 bridgehead atoms. The molecule has 33 heavy (non-hydrogen) atoms. The largest absolute Gasteiger partial charge is 0.324 e. The van der Waals surface area contributed by atoms with Crippen molar-refractivity contribution in [1.29, 1.82) is 0 Å². The maximum atomic E-state index is 12.1. The van der Waals surface area contributed by atoms with E-state index < -0.39 is 0 Å². The van der Waals surface area contributed by atoms with Crippen molar-refractivity contribution < 1.29 is 4.79 Å². The van der Waals surface area contributed by atoms with Crippen molar-refractivity contribution in [2.75, 3.05) is 23.7 Å². The van der Waals surface area contributed by atoms with Gasteiger partial charge in [0.1, 0.15) is 0 Å². The number of carbonyl (C=O) groups is 1. The molecule has 0 saturated heterocycles. The van der Waals surface area contributed by atoms with E-state index in [1.807, 2.05) is 84.0 Å². The first-order chi connectivity index (χ1) is 16.2. The minimum absolute atomic E-state index is 0.145. The van der Waals surface area contributed by atoms with Crippen LogP contribution in [0.2, 0.25) is 0 Å². The van der Waals surface area contributed by atoms with E-state index in [1.165, 1.54) is 0 Å². The van der Waals surface area contributed by atoms with Gasteiger partial charge in [-0.25, -0.2) is 9.97 Å². The fourth-order valence-corrected chi connectivity index (χ4v) is 2.21. The number of nitrogens with zero attached hydrogens (tertiary/aromatic N) is 2. The second-order valence-electron chi connectivity index (χ2n) is 5.56. The summed E-state index contributed by atoms with van der Waals surface area (Å²) < 4.78 is 0. The van der Waals surface area contributed by atoms with E-state index in [4.69, 9.17) is 0 Å². The van der Waals surface area contributed by atoms with Gasteiger partial charge in [-0.05, 0) is 49.5 Å². The summed E-state index contributed by atoms with van der Waals surface area (Å²) >= 11 is 0. The van der Waals surface area contributed by atoms with Crippen molar-refractivity contribution in [3.05, 3.63) is 78.6 Å². The first kappa shape index (κ1) is 31.9. The molecule has 6 heteroatoms. The van der Waals surface area contributed by atoms with Gasteiger partial charge >= 0.3 is 0 Å². The third-order valence-corrected chi connectivity index (χ3v) is 3.48. The molecule has 0 aliphatic heterocycles. The second-order valence-corrected chi connectivity index (χ2v) is 5.56. The third kappa shape index (κ3) is 15.2. The lowest BCUT2D eigenvalue weighted by molar-refractivity contribution is 0.102. The number of aromatic nitrogens is 2. The Morgan fingerprint density at radius 3 is 1.79 bits per heavy atom. The number of amides is 1. The zero-order valence-electron chi connectivity index (χ0n) is 21.6. The molecule has 3 rings (SSSR count). The van der Waals surface area contributed by atoms with Crippen molar-refractivity contribution in [1.82, 2.24) is 15.3 Å². The van der Waals surface area contributed by atoms with Crippen molar-refractivity contribution in [3.8, 4) is 0 Å². The minimum Gasteiger partial charge on any atom is -0.324 e. The number of hydrogen-bond donors (Lipinski definition) is 3. The fourth-order valence-electron chi connectivity index (χ4n) is 2.21. The molecule has 0 spiro atoms. The molecule has 0 saturated carbocycles. The molecule has 1 heterocycles. The molecule has 6 nitrogen and oxygen atoms in total. The number of hydrogen-bond acceptors (Lipinski definition) is 5. The number of anilines is 3. The average Bonchev–Trinajstić information content (AvgIpc) is 2.90. The highest BCUT2D eigenvalue weighted by Gasteiger charge is 2.05. The third-order valence-electron chi connectivity index (χ3n) is 3.48. The summed E-state index contributed by atoms with van der Waals surface area (Å²) in [6.07, 6.45) is 3.33. The monoisotopic (exact) mass is 453 g/mol. The minimum atomic E-state index is -0.145. The van der Waals surface area contributed by atoms with Crippen LogP contribution in [0.1, 0.15) is 65.7 Å². The highest BCUT2D eigenvalue weighted by molar-refractivity contribution is 6.04. The molecular formula is C27H43N5O. The number of benzene rings is 2. The molecule has 3 N–H and O–H groups in total. The summed E-state index contributed by atoms with van der Waals surface area (Å²) in [7, 11) is 0. The Bertz CT molecular complexity index is 809. The van der Waals surface area contributed by atoms with Crippen LogP contribution in [0, 0.1) is 0 Å². The van der Waals surface area contributed by atoms with Gasteiger partial charge in [0.15, 0.2) is 0 Å². The molecule has 1 aromatic heterocycles. The van der Waals surface area contributed by atoms with Gasteiger partial charge in [-0.15, -0.1) is 0 Å². The quantitative estimate of drug-likeness (QED) is 0.369. The zero-order valence-corrected chi connectivity index (χ0v) is 21.6. The Morgan fingerprint density at radius 2 is 1.27 bits per heavy atom. The van der Waals surface area contributed by atoms with Gasteiger partial charge in [0, 0.05) is 29.3 Å². The Labute approximate surface area is 201 Å². The maximum Gasteiger partial charge on any atom is 0.255 e. The Morgan fingerprint density at radius 1 is 0.727 bits per heavy atom. The predicted molar refractivity (Wildman–Crippen MR) is 144 cm³/mol. The molecule has 182 valence electrons. The fraction of sp³-hybridized carbons (Fsp3) is 0.370. The van der Waals surface area contributed by atoms with Crippen molar-refractivity contribution in [2.45, 2.75) is 55.4 Å². The van der Waals surface area contributed by atoms with E-state index in [2.05, 4.69) is 39.8 Å². The van der Waals surface area contributed by atoms with Crippen LogP contribution in [0.3, 0.4) is 0 Å². The van der Waals surface area contributed by atoms with Crippen molar-refractivity contribution in [3.63, 3.8) is 0 Å². The maximum absolute atomic E-state index is 12.1. The summed E-state index contributed by atoms with van der Waals surface area (Å²) in [5.74, 6) is 0.364. The highest BCUT2D eigenvalue weighted by Crippen LogP contribution is 2.18. The summed E-state index contributed by atoms with van der Waals surface area (Å²) in [5.41, 5.74) is 2.12. The van der Waals surface area contributed by atoms with Crippen LogP contribution >= 0.6 is 0 Å². The van der Waals surface area contributed by atoms with Crippen LogP contribution in [0.5, 0.6) is 0 Å². The topological polar surface area (TPSA) is 78.9 Å². The van der Waals surface area contributed by atoms with Crippen LogP contribution in [0.15, 0.2) is 73.1 Å². The van der Waals surface area contributed by atoms with E-state index in [-0.39, 0.29) is 5.91 Å². The van der Waals surface area contributed by atoms with Gasteiger partial charge < -0.3 is 16.0 Å². The Kier molecular flexibility index (Phi) is 22.7. The van der Waals surface area contributed by atoms with Gasteiger partial charge in [0.25, 0.3) is 5.91 Å². The molecule has 2 aromatic carbocycles. The summed E-state index contributed by atoms with van der Waals surface area (Å²) in [5, 5.41) is 9.06. The molecule has 0 unspecified atom stereocenters. The van der Waals surface area contributed by atoms with E-state index >= 15 is 0 Å². The van der Waals surface area contributed by atoms with Crippen LogP contribution in [-0.4, -0.2) is 29.0 Å². The molecule has 3 aromatic rings. The normalized spacial score (nSPS) is 8.48. The van der Waals surface area contributed by atoms with Crippen molar-refractivity contribution >= 4 is 23.2 Å². The molecule has 0 atom stereocenters.